The molecule has 1 atom stereocenters. The van der Waals surface area contributed by atoms with Crippen molar-refractivity contribution in [3.8, 4) is 5.75 Å². The van der Waals surface area contributed by atoms with Gasteiger partial charge >= 0.3 is 0 Å². The first kappa shape index (κ1) is 16.4. The van der Waals surface area contributed by atoms with Gasteiger partial charge in [0.05, 0.1) is 13.7 Å². The summed E-state index contributed by atoms with van der Waals surface area (Å²) < 4.78 is 5.34. The number of fused-ring (bicyclic) bond motifs is 1. The van der Waals surface area contributed by atoms with Crippen molar-refractivity contribution in [1.29, 1.82) is 0 Å². The van der Waals surface area contributed by atoms with Gasteiger partial charge in [0, 0.05) is 18.3 Å². The molecule has 0 saturated carbocycles. The average Bonchev–Trinajstić information content (AvgIpc) is 2.91. The molecule has 1 aliphatic heterocycles. The Labute approximate surface area is 143 Å². The molecule has 2 aromatic rings. The first-order chi connectivity index (χ1) is 11.7. The minimum atomic E-state index is 0.0634. The normalized spacial score (nSPS) is 15.9. The number of anilines is 1. The number of nitrogens with zero attached hydrogens (tertiary/aromatic N) is 1. The topological polar surface area (TPSA) is 41.6 Å². The Morgan fingerprint density at radius 1 is 1.21 bits per heavy atom. The standard InChI is InChI=1S/C20H24N2O2/c1-15-13-17-8-3-5-9-18(17)22(15)14-20(23)21-12-11-16-7-4-6-10-19(16)24-2/h3-10,15H,11-14H2,1-2H3,(H,21,23). The third-order valence-corrected chi connectivity index (χ3v) is 4.57. The summed E-state index contributed by atoms with van der Waals surface area (Å²) in [4.78, 5) is 14.5. The number of ether oxygens (including phenoxy) is 1. The van der Waals surface area contributed by atoms with Crippen molar-refractivity contribution < 1.29 is 9.53 Å². The maximum absolute atomic E-state index is 12.3. The molecule has 4 nitrogen and oxygen atoms in total. The predicted octanol–water partition coefficient (Wildman–Crippen LogP) is 2.81. The van der Waals surface area contributed by atoms with Gasteiger partial charge in [0.15, 0.2) is 0 Å². The van der Waals surface area contributed by atoms with Crippen LogP contribution in [0.2, 0.25) is 0 Å². The molecule has 0 bridgehead atoms. The molecule has 3 rings (SSSR count). The number of rotatable bonds is 6. The molecule has 4 heteroatoms. The molecule has 126 valence electrons. The third kappa shape index (κ3) is 3.53. The lowest BCUT2D eigenvalue weighted by Crippen LogP contribution is -2.40. The lowest BCUT2D eigenvalue weighted by molar-refractivity contribution is -0.119. The number of carbonyl (C=O) groups is 1. The Morgan fingerprint density at radius 2 is 1.96 bits per heavy atom. The van der Waals surface area contributed by atoms with Crippen LogP contribution in [0.25, 0.3) is 0 Å². The zero-order valence-corrected chi connectivity index (χ0v) is 14.3. The van der Waals surface area contributed by atoms with E-state index >= 15 is 0 Å². The van der Waals surface area contributed by atoms with Crippen molar-refractivity contribution in [3.05, 3.63) is 59.7 Å². The summed E-state index contributed by atoms with van der Waals surface area (Å²) in [5.41, 5.74) is 3.62. The summed E-state index contributed by atoms with van der Waals surface area (Å²) in [5.74, 6) is 0.933. The van der Waals surface area contributed by atoms with E-state index in [1.54, 1.807) is 7.11 Å². The van der Waals surface area contributed by atoms with Crippen LogP contribution in [-0.4, -0.2) is 32.1 Å². The van der Waals surface area contributed by atoms with Gasteiger partial charge < -0.3 is 15.0 Å². The highest BCUT2D eigenvalue weighted by molar-refractivity contribution is 5.82. The summed E-state index contributed by atoms with van der Waals surface area (Å²) in [6.07, 6.45) is 1.77. The minimum Gasteiger partial charge on any atom is -0.496 e. The van der Waals surface area contributed by atoms with Gasteiger partial charge in [-0.25, -0.2) is 0 Å². The maximum atomic E-state index is 12.3. The fraction of sp³-hybridized carbons (Fsp3) is 0.350. The Kier molecular flexibility index (Phi) is 5.04. The number of hydrogen-bond donors (Lipinski definition) is 1. The van der Waals surface area contributed by atoms with Gasteiger partial charge in [0.2, 0.25) is 5.91 Å². The molecule has 1 N–H and O–H groups in total. The lowest BCUT2D eigenvalue weighted by atomic mass is 10.1. The monoisotopic (exact) mass is 324 g/mol. The quantitative estimate of drug-likeness (QED) is 0.888. The first-order valence-electron chi connectivity index (χ1n) is 8.42. The first-order valence-corrected chi connectivity index (χ1v) is 8.42. The summed E-state index contributed by atoms with van der Waals surface area (Å²) in [6, 6.07) is 16.6. The Hall–Kier alpha value is -2.49. The second kappa shape index (κ2) is 7.39. The van der Waals surface area contributed by atoms with Crippen LogP contribution in [0.15, 0.2) is 48.5 Å². The zero-order valence-electron chi connectivity index (χ0n) is 14.3. The second-order valence-electron chi connectivity index (χ2n) is 6.22. The van der Waals surface area contributed by atoms with E-state index in [1.807, 2.05) is 30.3 Å². The highest BCUT2D eigenvalue weighted by Gasteiger charge is 2.26. The molecular weight excluding hydrogens is 300 g/mol. The minimum absolute atomic E-state index is 0.0634. The molecule has 0 fully saturated rings. The van der Waals surface area contributed by atoms with Gasteiger partial charge in [-0.05, 0) is 43.0 Å². The van der Waals surface area contributed by atoms with Crippen LogP contribution >= 0.6 is 0 Å². The van der Waals surface area contributed by atoms with Crippen molar-refractivity contribution in [2.75, 3.05) is 25.1 Å². The Bertz CT molecular complexity index is 714. The highest BCUT2D eigenvalue weighted by atomic mass is 16.5. The number of benzene rings is 2. The van der Waals surface area contributed by atoms with Crippen molar-refractivity contribution in [1.82, 2.24) is 5.32 Å². The van der Waals surface area contributed by atoms with Crippen LogP contribution in [0.4, 0.5) is 5.69 Å². The SMILES string of the molecule is COc1ccccc1CCNC(=O)CN1c2ccccc2CC1C. The number of para-hydroxylation sites is 2. The van der Waals surface area contributed by atoms with Crippen molar-refractivity contribution >= 4 is 11.6 Å². The van der Waals surface area contributed by atoms with E-state index in [1.165, 1.54) is 11.3 Å². The number of amides is 1. The summed E-state index contributed by atoms with van der Waals surface area (Å²) in [5, 5.41) is 3.02. The summed E-state index contributed by atoms with van der Waals surface area (Å²) in [7, 11) is 1.67. The number of carbonyl (C=O) groups excluding carboxylic acids is 1. The molecule has 1 unspecified atom stereocenters. The van der Waals surface area contributed by atoms with Gasteiger partial charge in [0.25, 0.3) is 0 Å². The van der Waals surface area contributed by atoms with Crippen molar-refractivity contribution in [3.63, 3.8) is 0 Å². The van der Waals surface area contributed by atoms with Crippen LogP contribution in [0.1, 0.15) is 18.1 Å². The molecule has 0 spiro atoms. The van der Waals surface area contributed by atoms with Gasteiger partial charge in [-0.1, -0.05) is 36.4 Å². The van der Waals surface area contributed by atoms with Gasteiger partial charge in [-0.2, -0.15) is 0 Å². The van der Waals surface area contributed by atoms with E-state index in [0.717, 1.165) is 24.2 Å². The molecule has 1 amide bonds. The largest absolute Gasteiger partial charge is 0.496 e. The van der Waals surface area contributed by atoms with E-state index in [9.17, 15) is 4.79 Å². The molecule has 24 heavy (non-hydrogen) atoms. The Morgan fingerprint density at radius 3 is 2.79 bits per heavy atom. The highest BCUT2D eigenvalue weighted by Crippen LogP contribution is 2.31. The van der Waals surface area contributed by atoms with E-state index in [4.69, 9.17) is 4.74 Å². The van der Waals surface area contributed by atoms with Crippen LogP contribution < -0.4 is 15.0 Å². The van der Waals surface area contributed by atoms with Crippen LogP contribution in [0.5, 0.6) is 5.75 Å². The summed E-state index contributed by atoms with van der Waals surface area (Å²) >= 11 is 0. The van der Waals surface area contributed by atoms with Gasteiger partial charge in [-0.3, -0.25) is 4.79 Å². The van der Waals surface area contributed by atoms with Crippen LogP contribution in [-0.2, 0) is 17.6 Å². The fourth-order valence-electron chi connectivity index (χ4n) is 3.33. The number of nitrogens with one attached hydrogen (secondary N) is 1. The molecule has 0 aromatic heterocycles. The maximum Gasteiger partial charge on any atom is 0.239 e. The molecule has 0 radical (unpaired) electrons. The number of methoxy groups -OCH3 is 1. The zero-order chi connectivity index (χ0) is 16.9. The van der Waals surface area contributed by atoms with Crippen molar-refractivity contribution in [2.24, 2.45) is 0 Å². The fourth-order valence-corrected chi connectivity index (χ4v) is 3.33. The van der Waals surface area contributed by atoms with E-state index < -0.39 is 0 Å². The van der Waals surface area contributed by atoms with Gasteiger partial charge in [0.1, 0.15) is 5.75 Å². The predicted molar refractivity (Wildman–Crippen MR) is 96.7 cm³/mol. The van der Waals surface area contributed by atoms with Gasteiger partial charge in [-0.15, -0.1) is 0 Å². The summed E-state index contributed by atoms with van der Waals surface area (Å²) in [6.45, 7) is 3.19. The van der Waals surface area contributed by atoms with E-state index in [0.29, 0.717) is 19.1 Å². The van der Waals surface area contributed by atoms with Crippen molar-refractivity contribution in [2.45, 2.75) is 25.8 Å². The average molecular weight is 324 g/mol. The van der Waals surface area contributed by atoms with E-state index in [-0.39, 0.29) is 5.91 Å². The Balaban J connectivity index is 1.53. The number of hydrogen-bond acceptors (Lipinski definition) is 3. The third-order valence-electron chi connectivity index (χ3n) is 4.57. The second-order valence-corrected chi connectivity index (χ2v) is 6.22. The van der Waals surface area contributed by atoms with E-state index in [2.05, 4.69) is 35.3 Å². The molecule has 1 aliphatic rings. The molecule has 2 aromatic carbocycles. The lowest BCUT2D eigenvalue weighted by Gasteiger charge is -2.24. The van der Waals surface area contributed by atoms with Crippen LogP contribution in [0, 0.1) is 0 Å². The molecule has 0 saturated heterocycles. The molecular formula is C20H24N2O2. The molecule has 1 heterocycles. The molecule has 0 aliphatic carbocycles. The smallest absolute Gasteiger partial charge is 0.239 e. The van der Waals surface area contributed by atoms with Crippen LogP contribution in [0.3, 0.4) is 0 Å².